The Kier molecular flexibility index (Phi) is 3.68. The molecule has 0 bridgehead atoms. The van der Waals surface area contributed by atoms with E-state index in [9.17, 15) is 0 Å². The van der Waals surface area contributed by atoms with Gasteiger partial charge in [-0.2, -0.15) is 0 Å². The van der Waals surface area contributed by atoms with Crippen LogP contribution in [-0.4, -0.2) is 36.0 Å². The number of hydrogen-bond acceptors (Lipinski definition) is 5. The van der Waals surface area contributed by atoms with Crippen molar-refractivity contribution in [2.75, 3.05) is 24.6 Å². The van der Waals surface area contributed by atoms with Crippen LogP contribution in [0.5, 0.6) is 0 Å². The molecule has 0 spiro atoms. The van der Waals surface area contributed by atoms with E-state index in [1.807, 2.05) is 24.3 Å². The predicted molar refractivity (Wildman–Crippen MR) is 78.0 cm³/mol. The molecular weight excluding hydrogens is 282 g/mol. The van der Waals surface area contributed by atoms with Gasteiger partial charge in [0.15, 0.2) is 5.01 Å². The summed E-state index contributed by atoms with van der Waals surface area (Å²) in [6.45, 7) is 4.53. The second-order valence-electron chi connectivity index (χ2n) is 4.50. The number of benzene rings is 1. The lowest BCUT2D eigenvalue weighted by molar-refractivity contribution is 0.0532. The molecule has 2 heterocycles. The van der Waals surface area contributed by atoms with Gasteiger partial charge in [0.25, 0.3) is 0 Å². The van der Waals surface area contributed by atoms with E-state index >= 15 is 0 Å². The van der Waals surface area contributed by atoms with Gasteiger partial charge in [-0.25, -0.2) is 0 Å². The fourth-order valence-corrected chi connectivity index (χ4v) is 3.28. The first-order valence-corrected chi connectivity index (χ1v) is 7.38. The van der Waals surface area contributed by atoms with Crippen LogP contribution in [0.15, 0.2) is 24.3 Å². The summed E-state index contributed by atoms with van der Waals surface area (Å²) < 4.78 is 5.53. The normalized spacial score (nSPS) is 19.7. The van der Waals surface area contributed by atoms with Gasteiger partial charge in [-0.3, -0.25) is 0 Å². The molecule has 1 aliphatic heterocycles. The van der Waals surface area contributed by atoms with E-state index in [1.54, 1.807) is 11.3 Å². The summed E-state index contributed by atoms with van der Waals surface area (Å²) in [7, 11) is 0. The van der Waals surface area contributed by atoms with Crippen LogP contribution in [-0.2, 0) is 4.74 Å². The average Bonchev–Trinajstić information content (AvgIpc) is 2.89. The minimum atomic E-state index is 0.237. The number of nitrogens with zero attached hydrogens (tertiary/aromatic N) is 3. The van der Waals surface area contributed by atoms with Gasteiger partial charge in [0, 0.05) is 18.7 Å². The number of rotatable bonds is 2. The van der Waals surface area contributed by atoms with Crippen molar-refractivity contribution >= 4 is 28.1 Å². The zero-order chi connectivity index (χ0) is 13.2. The van der Waals surface area contributed by atoms with Gasteiger partial charge in [-0.15, -0.1) is 10.2 Å². The van der Waals surface area contributed by atoms with Crippen LogP contribution in [0.2, 0.25) is 5.02 Å². The van der Waals surface area contributed by atoms with Crippen LogP contribution < -0.4 is 4.90 Å². The highest BCUT2D eigenvalue weighted by molar-refractivity contribution is 7.18. The Hall–Kier alpha value is -1.17. The summed E-state index contributed by atoms with van der Waals surface area (Å²) in [5, 5.41) is 11.0. The first-order valence-electron chi connectivity index (χ1n) is 6.19. The van der Waals surface area contributed by atoms with Crippen LogP contribution in [0.1, 0.15) is 6.92 Å². The number of hydrogen-bond donors (Lipinski definition) is 0. The van der Waals surface area contributed by atoms with E-state index in [0.29, 0.717) is 5.02 Å². The Morgan fingerprint density at radius 3 is 3.00 bits per heavy atom. The summed E-state index contributed by atoms with van der Waals surface area (Å²) in [5.41, 5.74) is 0.939. The van der Waals surface area contributed by atoms with Crippen LogP contribution in [0.3, 0.4) is 0 Å². The molecule has 3 rings (SSSR count). The molecule has 1 atom stereocenters. The third-order valence-electron chi connectivity index (χ3n) is 3.03. The van der Waals surface area contributed by atoms with Crippen molar-refractivity contribution < 1.29 is 4.74 Å². The van der Waals surface area contributed by atoms with E-state index in [4.69, 9.17) is 16.3 Å². The number of ether oxygens (including phenoxy) is 1. The molecule has 1 aromatic carbocycles. The lowest BCUT2D eigenvalue weighted by Gasteiger charge is -2.30. The number of morpholine rings is 1. The van der Waals surface area contributed by atoms with Crippen LogP contribution >= 0.6 is 22.9 Å². The highest BCUT2D eigenvalue weighted by Crippen LogP contribution is 2.33. The highest BCUT2D eigenvalue weighted by Gasteiger charge is 2.20. The average molecular weight is 296 g/mol. The molecule has 1 aromatic heterocycles. The fourth-order valence-electron chi connectivity index (χ4n) is 2.08. The quantitative estimate of drug-likeness (QED) is 0.853. The Bertz CT molecular complexity index is 575. The topological polar surface area (TPSA) is 38.2 Å². The first kappa shape index (κ1) is 12.8. The third-order valence-corrected chi connectivity index (χ3v) is 4.38. The number of anilines is 1. The maximum absolute atomic E-state index is 6.18. The minimum Gasteiger partial charge on any atom is -0.375 e. The van der Waals surface area contributed by atoms with Gasteiger partial charge in [0.1, 0.15) is 0 Å². The molecule has 0 aliphatic carbocycles. The largest absolute Gasteiger partial charge is 0.375 e. The molecule has 1 fully saturated rings. The molecule has 1 aliphatic rings. The predicted octanol–water partition coefficient (Wildman–Crippen LogP) is 3.08. The second-order valence-corrected chi connectivity index (χ2v) is 5.86. The van der Waals surface area contributed by atoms with E-state index in [1.165, 1.54) is 0 Å². The van der Waals surface area contributed by atoms with Gasteiger partial charge >= 0.3 is 0 Å². The summed E-state index contributed by atoms with van der Waals surface area (Å²) in [4.78, 5) is 2.21. The molecule has 0 N–H and O–H groups in total. The zero-order valence-electron chi connectivity index (χ0n) is 10.5. The van der Waals surface area contributed by atoms with Crippen LogP contribution in [0.25, 0.3) is 10.6 Å². The third kappa shape index (κ3) is 2.73. The lowest BCUT2D eigenvalue weighted by atomic mass is 10.2. The van der Waals surface area contributed by atoms with Crippen LogP contribution in [0.4, 0.5) is 5.13 Å². The molecule has 0 saturated carbocycles. The molecule has 2 aromatic rings. The molecule has 0 unspecified atom stereocenters. The van der Waals surface area contributed by atoms with E-state index in [-0.39, 0.29) is 6.10 Å². The smallest absolute Gasteiger partial charge is 0.208 e. The van der Waals surface area contributed by atoms with E-state index < -0.39 is 0 Å². The standard InChI is InChI=1S/C13H14ClN3OS/c1-9-8-17(6-7-18-9)13-16-15-12(19-13)10-4-2-3-5-11(10)14/h2-5,9H,6-8H2,1H3/t9-/m1/s1. The minimum absolute atomic E-state index is 0.237. The molecule has 100 valence electrons. The summed E-state index contributed by atoms with van der Waals surface area (Å²) in [5.74, 6) is 0. The molecule has 0 amide bonds. The maximum atomic E-state index is 6.18. The SMILES string of the molecule is C[C@@H]1CN(c2nnc(-c3ccccc3Cl)s2)CCO1. The van der Waals surface area contributed by atoms with Crippen LogP contribution in [0, 0.1) is 0 Å². The Morgan fingerprint density at radius 2 is 2.21 bits per heavy atom. The molecule has 19 heavy (non-hydrogen) atoms. The van der Waals surface area contributed by atoms with Crippen molar-refractivity contribution in [2.24, 2.45) is 0 Å². The van der Waals surface area contributed by atoms with Gasteiger partial charge in [0.2, 0.25) is 5.13 Å². The van der Waals surface area contributed by atoms with Crippen molar-refractivity contribution in [3.8, 4) is 10.6 Å². The van der Waals surface area contributed by atoms with Gasteiger partial charge in [0.05, 0.1) is 17.7 Å². The first-order chi connectivity index (χ1) is 9.24. The monoisotopic (exact) mass is 295 g/mol. The van der Waals surface area contributed by atoms with E-state index in [2.05, 4.69) is 22.0 Å². The van der Waals surface area contributed by atoms with E-state index in [0.717, 1.165) is 35.4 Å². The second kappa shape index (κ2) is 5.45. The molecule has 6 heteroatoms. The molecule has 4 nitrogen and oxygen atoms in total. The van der Waals surface area contributed by atoms with Gasteiger partial charge < -0.3 is 9.64 Å². The lowest BCUT2D eigenvalue weighted by Crippen LogP contribution is -2.41. The molecule has 0 radical (unpaired) electrons. The Morgan fingerprint density at radius 1 is 1.37 bits per heavy atom. The van der Waals surface area contributed by atoms with Crippen molar-refractivity contribution in [3.05, 3.63) is 29.3 Å². The highest BCUT2D eigenvalue weighted by atomic mass is 35.5. The van der Waals surface area contributed by atoms with Crippen molar-refractivity contribution in [3.63, 3.8) is 0 Å². The molecule has 1 saturated heterocycles. The van der Waals surface area contributed by atoms with Crippen molar-refractivity contribution in [1.82, 2.24) is 10.2 Å². The summed E-state index contributed by atoms with van der Waals surface area (Å²) in [6.07, 6.45) is 0.237. The van der Waals surface area contributed by atoms with Crippen molar-refractivity contribution in [2.45, 2.75) is 13.0 Å². The summed E-state index contributed by atoms with van der Waals surface area (Å²) >= 11 is 7.75. The fraction of sp³-hybridized carbons (Fsp3) is 0.385. The Balaban J connectivity index is 1.85. The van der Waals surface area contributed by atoms with Gasteiger partial charge in [-0.05, 0) is 13.0 Å². The van der Waals surface area contributed by atoms with Crippen molar-refractivity contribution in [1.29, 1.82) is 0 Å². The molecular formula is C13H14ClN3OS. The summed E-state index contributed by atoms with van der Waals surface area (Å²) in [6, 6.07) is 7.71. The number of aromatic nitrogens is 2. The number of halogens is 1. The Labute approximate surface area is 121 Å². The zero-order valence-corrected chi connectivity index (χ0v) is 12.1. The maximum Gasteiger partial charge on any atom is 0.208 e. The van der Waals surface area contributed by atoms with Gasteiger partial charge in [-0.1, -0.05) is 41.1 Å².